The number of nitrogens with one attached hydrogen (secondary N) is 3. The van der Waals surface area contributed by atoms with E-state index in [0.717, 1.165) is 39.2 Å². The minimum atomic E-state index is -0.410. The number of fused-ring (bicyclic) bond motifs is 1. The van der Waals surface area contributed by atoms with Gasteiger partial charge in [0.05, 0.1) is 33.9 Å². The van der Waals surface area contributed by atoms with Crippen LogP contribution in [-0.4, -0.2) is 43.8 Å². The van der Waals surface area contributed by atoms with Crippen LogP contribution in [0.15, 0.2) is 22.8 Å². The lowest BCUT2D eigenvalue weighted by Gasteiger charge is -2.16. The zero-order valence-corrected chi connectivity index (χ0v) is 18.4. The summed E-state index contributed by atoms with van der Waals surface area (Å²) in [7, 11) is 8.99. The third-order valence-corrected chi connectivity index (χ3v) is 5.62. The lowest BCUT2D eigenvalue weighted by Crippen LogP contribution is -2.08. The Morgan fingerprint density at radius 2 is 1.75 bits per heavy atom. The molecule has 0 spiro atoms. The van der Waals surface area contributed by atoms with E-state index in [4.69, 9.17) is 9.72 Å². The number of nitrogens with zero attached hydrogens (tertiary/aromatic N) is 2. The van der Waals surface area contributed by atoms with Crippen LogP contribution in [0.2, 0.25) is 0 Å². The van der Waals surface area contributed by atoms with Crippen molar-refractivity contribution in [3.05, 3.63) is 34.1 Å². The summed E-state index contributed by atoms with van der Waals surface area (Å²) < 4.78 is 7.58. The number of aromatic nitrogens is 2. The minimum absolute atomic E-state index is 0.410. The van der Waals surface area contributed by atoms with Gasteiger partial charge in [-0.15, -0.1) is 0 Å². The number of hydrogen-bond donors (Lipinski definition) is 3. The van der Waals surface area contributed by atoms with Crippen LogP contribution in [0.25, 0.3) is 22.2 Å². The predicted octanol–water partition coefficient (Wildman–Crippen LogP) is 4.22. The van der Waals surface area contributed by atoms with E-state index in [1.165, 1.54) is 7.11 Å². The fraction of sp³-hybridized carbons (Fsp3) is 0.300. The number of rotatable bonds is 5. The molecule has 0 aliphatic rings. The maximum Gasteiger partial charge on any atom is 0.340 e. The smallest absolute Gasteiger partial charge is 0.340 e. The Kier molecular flexibility index (Phi) is 5.51. The second kappa shape index (κ2) is 7.71. The van der Waals surface area contributed by atoms with Crippen molar-refractivity contribution in [1.82, 2.24) is 9.55 Å². The second-order valence-corrected chi connectivity index (χ2v) is 7.22. The predicted molar refractivity (Wildman–Crippen MR) is 119 cm³/mol. The standard InChI is InChI=1S/C20H24BrN5O2/c1-10-15(20(27)28-6)17(21)19-18(25-10)12(9-26(19)5)16-13(23-3)7-11(22-2)8-14(16)24-4/h7-9,22-24H,1-6H3. The second-order valence-electron chi connectivity index (χ2n) is 6.43. The number of halogens is 1. The van der Waals surface area contributed by atoms with Gasteiger partial charge in [-0.25, -0.2) is 9.78 Å². The SMILES string of the molecule is CNc1cc(NC)c(-c2cn(C)c3c(Br)c(C(=O)OC)c(C)nc23)c(NC)c1. The fourth-order valence-corrected chi connectivity index (χ4v) is 4.40. The van der Waals surface area contributed by atoms with Gasteiger partial charge in [-0.3, -0.25) is 0 Å². The largest absolute Gasteiger partial charge is 0.465 e. The lowest BCUT2D eigenvalue weighted by molar-refractivity contribution is 0.0598. The molecule has 0 aliphatic carbocycles. The van der Waals surface area contributed by atoms with Crippen LogP contribution in [0.3, 0.4) is 0 Å². The van der Waals surface area contributed by atoms with Gasteiger partial charge < -0.3 is 25.3 Å². The number of carbonyl (C=O) groups is 1. The Labute approximate surface area is 172 Å². The average molecular weight is 446 g/mol. The molecule has 0 radical (unpaired) electrons. The van der Waals surface area contributed by atoms with E-state index in [1.807, 2.05) is 45.9 Å². The van der Waals surface area contributed by atoms with Crippen LogP contribution in [0.1, 0.15) is 16.1 Å². The molecule has 0 amide bonds. The number of benzene rings is 1. The first-order valence-electron chi connectivity index (χ1n) is 8.83. The average Bonchev–Trinajstić information content (AvgIpc) is 3.02. The van der Waals surface area contributed by atoms with Crippen LogP contribution in [-0.2, 0) is 11.8 Å². The minimum Gasteiger partial charge on any atom is -0.465 e. The number of anilines is 3. The molecule has 7 nitrogen and oxygen atoms in total. The van der Waals surface area contributed by atoms with Crippen molar-refractivity contribution < 1.29 is 9.53 Å². The van der Waals surface area contributed by atoms with Crippen molar-refractivity contribution in [2.75, 3.05) is 44.2 Å². The highest BCUT2D eigenvalue weighted by molar-refractivity contribution is 9.10. The van der Waals surface area contributed by atoms with E-state index in [1.54, 1.807) is 0 Å². The molecular formula is C20H24BrN5O2. The summed E-state index contributed by atoms with van der Waals surface area (Å²) in [4.78, 5) is 17.0. The molecule has 3 rings (SSSR count). The molecule has 3 N–H and O–H groups in total. The number of carbonyl (C=O) groups excluding carboxylic acids is 1. The monoisotopic (exact) mass is 445 g/mol. The fourth-order valence-electron chi connectivity index (χ4n) is 3.48. The summed E-state index contributed by atoms with van der Waals surface area (Å²) >= 11 is 3.60. The van der Waals surface area contributed by atoms with Gasteiger partial charge in [0.25, 0.3) is 0 Å². The molecule has 2 aromatic heterocycles. The Morgan fingerprint density at radius 1 is 1.14 bits per heavy atom. The van der Waals surface area contributed by atoms with Crippen LogP contribution < -0.4 is 16.0 Å². The summed E-state index contributed by atoms with van der Waals surface area (Å²) in [6, 6.07) is 4.11. The molecule has 3 aromatic rings. The molecule has 0 unspecified atom stereocenters. The van der Waals surface area contributed by atoms with Crippen molar-refractivity contribution in [3.63, 3.8) is 0 Å². The van der Waals surface area contributed by atoms with Gasteiger partial charge in [0.15, 0.2) is 0 Å². The Morgan fingerprint density at radius 3 is 2.25 bits per heavy atom. The van der Waals surface area contributed by atoms with Crippen LogP contribution in [0.4, 0.5) is 17.1 Å². The summed E-state index contributed by atoms with van der Waals surface area (Å²) in [5.74, 6) is -0.410. The molecule has 0 saturated heterocycles. The number of hydrogen-bond acceptors (Lipinski definition) is 6. The molecule has 2 heterocycles. The molecule has 0 atom stereocenters. The van der Waals surface area contributed by atoms with Crippen LogP contribution >= 0.6 is 15.9 Å². The Balaban J connectivity index is 2.40. The first-order chi connectivity index (χ1) is 13.4. The van der Waals surface area contributed by atoms with Gasteiger partial charge in [-0.05, 0) is 35.0 Å². The summed E-state index contributed by atoms with van der Waals surface area (Å²) in [6.45, 7) is 1.81. The van der Waals surface area contributed by atoms with E-state index in [0.29, 0.717) is 15.7 Å². The van der Waals surface area contributed by atoms with E-state index in [-0.39, 0.29) is 0 Å². The lowest BCUT2D eigenvalue weighted by atomic mass is 10.0. The molecule has 8 heteroatoms. The molecule has 0 fully saturated rings. The maximum atomic E-state index is 12.2. The molecule has 1 aromatic carbocycles. The third-order valence-electron chi connectivity index (χ3n) is 4.85. The highest BCUT2D eigenvalue weighted by Gasteiger charge is 2.24. The molecule has 0 aliphatic heterocycles. The van der Waals surface area contributed by atoms with Crippen LogP contribution in [0.5, 0.6) is 0 Å². The Bertz CT molecular complexity index is 1050. The van der Waals surface area contributed by atoms with E-state index in [9.17, 15) is 4.79 Å². The zero-order valence-electron chi connectivity index (χ0n) is 16.8. The highest BCUT2D eigenvalue weighted by Crippen LogP contribution is 2.43. The number of ether oxygens (including phenoxy) is 1. The molecule has 0 saturated carbocycles. The quantitative estimate of drug-likeness (QED) is 0.510. The summed E-state index contributed by atoms with van der Waals surface area (Å²) in [5.41, 5.74) is 7.61. The van der Waals surface area contributed by atoms with Crippen molar-refractivity contribution >= 4 is 50.0 Å². The van der Waals surface area contributed by atoms with Crippen LogP contribution in [0, 0.1) is 6.92 Å². The normalized spacial score (nSPS) is 10.8. The van der Waals surface area contributed by atoms with Gasteiger partial charge in [0.2, 0.25) is 0 Å². The van der Waals surface area contributed by atoms with E-state index in [2.05, 4.69) is 44.0 Å². The summed E-state index contributed by atoms with van der Waals surface area (Å²) in [5, 5.41) is 9.75. The van der Waals surface area contributed by atoms with Gasteiger partial charge in [-0.2, -0.15) is 0 Å². The number of esters is 1. The van der Waals surface area contributed by atoms with E-state index >= 15 is 0 Å². The van der Waals surface area contributed by atoms with Gasteiger partial charge in [0, 0.05) is 62.6 Å². The van der Waals surface area contributed by atoms with Crippen molar-refractivity contribution in [1.29, 1.82) is 0 Å². The van der Waals surface area contributed by atoms with Crippen molar-refractivity contribution in [3.8, 4) is 11.1 Å². The number of methoxy groups -OCH3 is 1. The van der Waals surface area contributed by atoms with Gasteiger partial charge >= 0.3 is 5.97 Å². The highest BCUT2D eigenvalue weighted by atomic mass is 79.9. The Hall–Kier alpha value is -2.74. The number of pyridine rings is 1. The first-order valence-corrected chi connectivity index (χ1v) is 9.62. The van der Waals surface area contributed by atoms with Gasteiger partial charge in [-0.1, -0.05) is 0 Å². The number of aryl methyl sites for hydroxylation is 2. The topological polar surface area (TPSA) is 80.2 Å². The zero-order chi connectivity index (χ0) is 20.6. The van der Waals surface area contributed by atoms with Crippen molar-refractivity contribution in [2.45, 2.75) is 6.92 Å². The molecule has 28 heavy (non-hydrogen) atoms. The molecular weight excluding hydrogens is 422 g/mol. The van der Waals surface area contributed by atoms with Crippen molar-refractivity contribution in [2.24, 2.45) is 7.05 Å². The maximum absolute atomic E-state index is 12.2. The molecule has 0 bridgehead atoms. The van der Waals surface area contributed by atoms with Gasteiger partial charge in [0.1, 0.15) is 0 Å². The summed E-state index contributed by atoms with van der Waals surface area (Å²) in [6.07, 6.45) is 2.03. The molecule has 148 valence electrons. The first kappa shape index (κ1) is 20.0. The third kappa shape index (κ3) is 3.07. The van der Waals surface area contributed by atoms with E-state index < -0.39 is 5.97 Å².